The number of hydrogen-bond acceptors (Lipinski definition) is 4. The van der Waals surface area contributed by atoms with Crippen LogP contribution in [0.15, 0.2) is 12.2 Å². The van der Waals surface area contributed by atoms with Gasteiger partial charge in [-0.3, -0.25) is 4.79 Å². The molecule has 2 aliphatic carbocycles. The molecule has 3 aliphatic rings. The summed E-state index contributed by atoms with van der Waals surface area (Å²) >= 11 is 3.78. The van der Waals surface area contributed by atoms with Crippen LogP contribution in [0, 0.1) is 17.8 Å². The average Bonchev–Trinajstić information content (AvgIpc) is 3.01. The molecular formula is C15H21BrO4. The summed E-state index contributed by atoms with van der Waals surface area (Å²) in [4.78, 5) is 11.5. The summed E-state index contributed by atoms with van der Waals surface area (Å²) in [5, 5.41) is 0. The molecule has 0 N–H and O–H groups in total. The van der Waals surface area contributed by atoms with Gasteiger partial charge in [-0.25, -0.2) is 0 Å². The molecule has 3 rings (SSSR count). The van der Waals surface area contributed by atoms with E-state index in [0.717, 1.165) is 12.8 Å². The third-order valence-corrected chi connectivity index (χ3v) is 5.77. The van der Waals surface area contributed by atoms with Crippen molar-refractivity contribution in [3.05, 3.63) is 12.2 Å². The van der Waals surface area contributed by atoms with Crippen LogP contribution in [0.1, 0.15) is 26.7 Å². The second kappa shape index (κ2) is 5.43. The van der Waals surface area contributed by atoms with Crippen LogP contribution in [0.2, 0.25) is 0 Å². The number of halogens is 1. The van der Waals surface area contributed by atoms with Gasteiger partial charge in [0.15, 0.2) is 5.79 Å². The topological polar surface area (TPSA) is 44.8 Å². The number of alkyl halides is 1. The Balaban J connectivity index is 1.70. The van der Waals surface area contributed by atoms with Crippen molar-refractivity contribution < 1.29 is 19.0 Å². The third-order valence-electron chi connectivity index (χ3n) is 4.72. The molecule has 5 atom stereocenters. The van der Waals surface area contributed by atoms with E-state index in [1.165, 1.54) is 6.92 Å². The van der Waals surface area contributed by atoms with Crippen LogP contribution in [0.5, 0.6) is 0 Å². The Morgan fingerprint density at radius 3 is 2.80 bits per heavy atom. The quantitative estimate of drug-likeness (QED) is 0.448. The normalized spacial score (nSPS) is 39.8. The Labute approximate surface area is 128 Å². The summed E-state index contributed by atoms with van der Waals surface area (Å²) < 4.78 is 17.0. The maximum Gasteiger partial charge on any atom is 0.303 e. The highest BCUT2D eigenvalue weighted by Gasteiger charge is 2.62. The van der Waals surface area contributed by atoms with Crippen molar-refractivity contribution in [2.45, 2.75) is 43.4 Å². The highest BCUT2D eigenvalue weighted by Crippen LogP contribution is 2.60. The minimum atomic E-state index is -0.353. The van der Waals surface area contributed by atoms with Crippen molar-refractivity contribution in [3.8, 4) is 0 Å². The van der Waals surface area contributed by atoms with Gasteiger partial charge in [-0.1, -0.05) is 22.0 Å². The largest absolute Gasteiger partial charge is 0.459 e. The first kappa shape index (κ1) is 14.5. The monoisotopic (exact) mass is 344 g/mol. The molecule has 0 aromatic heterocycles. The first-order valence-corrected chi connectivity index (χ1v) is 8.21. The number of carbonyl (C=O) groups is 1. The molecular weight excluding hydrogens is 324 g/mol. The molecule has 2 bridgehead atoms. The number of esters is 1. The molecule has 0 aromatic rings. The average molecular weight is 345 g/mol. The zero-order valence-electron chi connectivity index (χ0n) is 11.9. The van der Waals surface area contributed by atoms with Crippen LogP contribution in [-0.2, 0) is 19.0 Å². The Kier molecular flexibility index (Phi) is 3.95. The van der Waals surface area contributed by atoms with E-state index in [0.29, 0.717) is 35.8 Å². The van der Waals surface area contributed by atoms with E-state index in [-0.39, 0.29) is 17.9 Å². The van der Waals surface area contributed by atoms with Gasteiger partial charge in [-0.15, -0.1) is 0 Å². The predicted molar refractivity (Wildman–Crippen MR) is 77.4 cm³/mol. The Bertz CT molecular complexity index is 416. The third kappa shape index (κ3) is 2.44. The number of carbonyl (C=O) groups excluding carboxylic acids is 1. The highest BCUT2D eigenvalue weighted by molar-refractivity contribution is 9.09. The van der Waals surface area contributed by atoms with Crippen molar-refractivity contribution in [2.75, 3.05) is 13.2 Å². The standard InChI is InChI=1S/C15H21BrO4/c1-9(20-10(2)17)3-4-11-12-8-15(18-5-6-19-15)13(11)7-14(12)16/h3-4,9,11-14H,5-8H2,1-2H3/b4-3+/t9-,11+,12+,13+,14+/m0/s1. The fourth-order valence-electron chi connectivity index (χ4n) is 4.00. The second-order valence-electron chi connectivity index (χ2n) is 6.01. The minimum Gasteiger partial charge on any atom is -0.459 e. The van der Waals surface area contributed by atoms with Crippen LogP contribution in [-0.4, -0.2) is 35.9 Å². The van der Waals surface area contributed by atoms with Gasteiger partial charge in [0, 0.05) is 24.1 Å². The smallest absolute Gasteiger partial charge is 0.303 e. The molecule has 1 saturated heterocycles. The molecule has 20 heavy (non-hydrogen) atoms. The SMILES string of the molecule is CC(=O)O[C@@H](C)/C=C/[C@@H]1[C@H]2CC3(OCCO3)[C@@H]1C[C@H]2Br. The number of rotatable bonds is 3. The predicted octanol–water partition coefficient (Wildman–Crippen LogP) is 2.66. The van der Waals surface area contributed by atoms with Crippen LogP contribution < -0.4 is 0 Å². The summed E-state index contributed by atoms with van der Waals surface area (Å²) in [6, 6.07) is 0. The van der Waals surface area contributed by atoms with Gasteiger partial charge in [0.1, 0.15) is 6.10 Å². The lowest BCUT2D eigenvalue weighted by atomic mass is 9.93. The van der Waals surface area contributed by atoms with Gasteiger partial charge in [0.25, 0.3) is 0 Å². The number of fused-ring (bicyclic) bond motifs is 3. The van der Waals surface area contributed by atoms with E-state index in [2.05, 4.69) is 22.0 Å². The lowest BCUT2D eigenvalue weighted by molar-refractivity contribution is -0.191. The lowest BCUT2D eigenvalue weighted by Gasteiger charge is -2.33. The van der Waals surface area contributed by atoms with Crippen molar-refractivity contribution in [1.29, 1.82) is 0 Å². The van der Waals surface area contributed by atoms with E-state index < -0.39 is 0 Å². The van der Waals surface area contributed by atoms with Crippen LogP contribution in [0.3, 0.4) is 0 Å². The van der Waals surface area contributed by atoms with Gasteiger partial charge in [0.05, 0.1) is 13.2 Å². The summed E-state index contributed by atoms with van der Waals surface area (Å²) in [5.41, 5.74) is 0. The Hall–Kier alpha value is -0.390. The molecule has 4 nitrogen and oxygen atoms in total. The molecule has 1 aliphatic heterocycles. The van der Waals surface area contributed by atoms with Crippen molar-refractivity contribution in [2.24, 2.45) is 17.8 Å². The van der Waals surface area contributed by atoms with Gasteiger partial charge in [-0.05, 0) is 31.3 Å². The van der Waals surface area contributed by atoms with E-state index in [9.17, 15) is 4.79 Å². The summed E-state index contributed by atoms with van der Waals surface area (Å²) in [5.74, 6) is 0.789. The molecule has 0 radical (unpaired) electrons. The van der Waals surface area contributed by atoms with Crippen molar-refractivity contribution in [3.63, 3.8) is 0 Å². The summed E-state index contributed by atoms with van der Waals surface area (Å²) in [6.07, 6.45) is 6.06. The van der Waals surface area contributed by atoms with Gasteiger partial charge < -0.3 is 14.2 Å². The molecule has 1 spiro atoms. The maximum atomic E-state index is 10.9. The van der Waals surface area contributed by atoms with E-state index >= 15 is 0 Å². The van der Waals surface area contributed by atoms with E-state index in [4.69, 9.17) is 14.2 Å². The number of hydrogen-bond donors (Lipinski definition) is 0. The first-order valence-electron chi connectivity index (χ1n) is 7.29. The number of ether oxygens (including phenoxy) is 3. The lowest BCUT2D eigenvalue weighted by Crippen LogP contribution is -2.39. The number of allylic oxidation sites excluding steroid dienone is 1. The van der Waals surface area contributed by atoms with Crippen molar-refractivity contribution in [1.82, 2.24) is 0 Å². The summed E-state index contributed by atoms with van der Waals surface area (Å²) in [6.45, 7) is 4.74. The zero-order valence-corrected chi connectivity index (χ0v) is 13.5. The molecule has 5 heteroatoms. The first-order chi connectivity index (χ1) is 9.52. The maximum absolute atomic E-state index is 10.9. The Morgan fingerprint density at radius 2 is 2.15 bits per heavy atom. The summed E-state index contributed by atoms with van der Waals surface area (Å²) in [7, 11) is 0. The molecule has 3 fully saturated rings. The minimum absolute atomic E-state index is 0.178. The molecule has 0 amide bonds. The second-order valence-corrected chi connectivity index (χ2v) is 7.19. The van der Waals surface area contributed by atoms with Crippen LogP contribution in [0.4, 0.5) is 0 Å². The van der Waals surface area contributed by atoms with E-state index in [1.54, 1.807) is 0 Å². The highest BCUT2D eigenvalue weighted by atomic mass is 79.9. The molecule has 0 unspecified atom stereocenters. The van der Waals surface area contributed by atoms with Crippen LogP contribution in [0.25, 0.3) is 0 Å². The Morgan fingerprint density at radius 1 is 1.45 bits per heavy atom. The molecule has 2 saturated carbocycles. The van der Waals surface area contributed by atoms with E-state index in [1.807, 2.05) is 13.0 Å². The van der Waals surface area contributed by atoms with Gasteiger partial charge in [-0.2, -0.15) is 0 Å². The zero-order chi connectivity index (χ0) is 14.3. The van der Waals surface area contributed by atoms with Gasteiger partial charge >= 0.3 is 5.97 Å². The molecule has 1 heterocycles. The molecule has 112 valence electrons. The fourth-order valence-corrected chi connectivity index (χ4v) is 4.94. The van der Waals surface area contributed by atoms with Crippen LogP contribution >= 0.6 is 15.9 Å². The molecule has 0 aromatic carbocycles. The van der Waals surface area contributed by atoms with Crippen molar-refractivity contribution >= 4 is 21.9 Å². The van der Waals surface area contributed by atoms with Gasteiger partial charge in [0.2, 0.25) is 0 Å². The fraction of sp³-hybridized carbons (Fsp3) is 0.800.